The van der Waals surface area contributed by atoms with Crippen LogP contribution in [0.25, 0.3) is 64.0 Å². The summed E-state index contributed by atoms with van der Waals surface area (Å²) >= 11 is 6.19. The van der Waals surface area contributed by atoms with Gasteiger partial charge in [-0.15, -0.1) is 11.3 Å². The third kappa shape index (κ3) is 6.47. The molecule has 0 aliphatic carbocycles. The lowest BCUT2D eigenvalue weighted by molar-refractivity contribution is 1.25. The third-order valence-corrected chi connectivity index (χ3v) is 13.2. The standard InChI is InChI=1S/C54H35BrN4S/c55-53-49(58(46-25-19-42-34-56-29-27-40(42)31-46)47-26-20-43-35-57-30-28-41(43)32-47)33-51-52(48-13-7-8-14-50(48)60-51)54(53)59(44-21-15-38(16-22-44)36-9-3-1-4-10-36)45-23-17-39(18-24-45)37-11-5-2-6-12-37/h1-35H. The number of aromatic nitrogens is 2. The molecule has 0 radical (unpaired) electrons. The molecule has 0 fully saturated rings. The molecule has 0 saturated carbocycles. The van der Waals surface area contributed by atoms with Gasteiger partial charge in [0.15, 0.2) is 0 Å². The Morgan fingerprint density at radius 2 is 0.883 bits per heavy atom. The smallest absolute Gasteiger partial charge is 0.0718 e. The maximum atomic E-state index is 4.41. The Morgan fingerprint density at radius 3 is 1.43 bits per heavy atom. The molecule has 3 aromatic heterocycles. The van der Waals surface area contributed by atoms with Gasteiger partial charge in [-0.2, -0.15) is 0 Å². The molecule has 0 aliphatic rings. The minimum absolute atomic E-state index is 0.975. The molecule has 4 nitrogen and oxygen atoms in total. The zero-order chi connectivity index (χ0) is 40.0. The van der Waals surface area contributed by atoms with E-state index in [-0.39, 0.29) is 0 Å². The number of nitrogens with zero attached hydrogens (tertiary/aromatic N) is 4. The first-order valence-electron chi connectivity index (χ1n) is 19.9. The lowest BCUT2D eigenvalue weighted by Crippen LogP contribution is -2.15. The van der Waals surface area contributed by atoms with Crippen molar-refractivity contribution in [2.75, 3.05) is 9.80 Å². The molecule has 0 saturated heterocycles. The van der Waals surface area contributed by atoms with Crippen LogP contribution in [0, 0.1) is 0 Å². The van der Waals surface area contributed by atoms with Crippen LogP contribution >= 0.6 is 27.3 Å². The Hall–Kier alpha value is -7.12. The summed E-state index contributed by atoms with van der Waals surface area (Å²) in [6, 6.07) is 67.6. The van der Waals surface area contributed by atoms with E-state index in [0.29, 0.717) is 0 Å². The van der Waals surface area contributed by atoms with Crippen molar-refractivity contribution in [2.24, 2.45) is 0 Å². The van der Waals surface area contributed by atoms with E-state index in [0.717, 1.165) is 60.1 Å². The Morgan fingerprint density at radius 1 is 0.400 bits per heavy atom. The SMILES string of the molecule is Brc1c(N(c2ccc3cnccc3c2)c2ccc3cnccc3c2)cc2sc3ccccc3c2c1N(c1ccc(-c2ccccc2)cc1)c1ccc(-c2ccccc2)cc1. The van der Waals surface area contributed by atoms with Crippen LogP contribution in [-0.2, 0) is 0 Å². The number of pyridine rings is 2. The summed E-state index contributed by atoms with van der Waals surface area (Å²) < 4.78 is 3.40. The van der Waals surface area contributed by atoms with Crippen molar-refractivity contribution in [3.8, 4) is 22.3 Å². The highest BCUT2D eigenvalue weighted by molar-refractivity contribution is 9.10. The number of hydrogen-bond acceptors (Lipinski definition) is 5. The van der Waals surface area contributed by atoms with Crippen LogP contribution in [0.15, 0.2) is 217 Å². The molecule has 11 rings (SSSR count). The molecule has 11 aromatic rings. The van der Waals surface area contributed by atoms with Gasteiger partial charge in [0.1, 0.15) is 0 Å². The monoisotopic (exact) mass is 850 g/mol. The van der Waals surface area contributed by atoms with E-state index in [1.807, 2.05) is 36.1 Å². The first-order chi connectivity index (χ1) is 29.7. The molecule has 8 aromatic carbocycles. The van der Waals surface area contributed by atoms with Crippen molar-refractivity contribution in [1.82, 2.24) is 9.97 Å². The van der Waals surface area contributed by atoms with Gasteiger partial charge in [-0.3, -0.25) is 9.97 Å². The average molecular weight is 852 g/mol. The second-order valence-electron chi connectivity index (χ2n) is 14.8. The zero-order valence-electron chi connectivity index (χ0n) is 32.3. The van der Waals surface area contributed by atoms with Crippen LogP contribution < -0.4 is 9.80 Å². The van der Waals surface area contributed by atoms with Crippen molar-refractivity contribution in [1.29, 1.82) is 0 Å². The Labute approximate surface area is 360 Å². The minimum atomic E-state index is 0.975. The number of rotatable bonds is 8. The zero-order valence-corrected chi connectivity index (χ0v) is 34.7. The molecular weight excluding hydrogens is 817 g/mol. The topological polar surface area (TPSA) is 32.3 Å². The van der Waals surface area contributed by atoms with E-state index in [1.54, 1.807) is 0 Å². The molecule has 0 spiro atoms. The minimum Gasteiger partial charge on any atom is -0.309 e. The molecule has 0 atom stereocenters. The number of benzene rings is 8. The molecular formula is C54H35BrN4S. The van der Waals surface area contributed by atoms with Crippen molar-refractivity contribution >= 4 is 103 Å². The lowest BCUT2D eigenvalue weighted by atomic mass is 10.0. The molecule has 60 heavy (non-hydrogen) atoms. The van der Waals surface area contributed by atoms with Crippen LogP contribution in [0.5, 0.6) is 0 Å². The fraction of sp³-hybridized carbons (Fsp3) is 0. The lowest BCUT2D eigenvalue weighted by Gasteiger charge is -2.32. The van der Waals surface area contributed by atoms with Crippen LogP contribution in [0.4, 0.5) is 34.1 Å². The van der Waals surface area contributed by atoms with E-state index < -0.39 is 0 Å². The number of thiophene rings is 1. The van der Waals surface area contributed by atoms with Crippen molar-refractivity contribution in [2.45, 2.75) is 0 Å². The van der Waals surface area contributed by atoms with Gasteiger partial charge in [0.2, 0.25) is 0 Å². The normalized spacial score (nSPS) is 11.4. The van der Waals surface area contributed by atoms with Gasteiger partial charge in [-0.1, -0.05) is 115 Å². The Balaban J connectivity index is 1.19. The van der Waals surface area contributed by atoms with Gasteiger partial charge in [0, 0.05) is 78.5 Å². The summed E-state index contributed by atoms with van der Waals surface area (Å²) in [5.41, 5.74) is 11.0. The third-order valence-electron chi connectivity index (χ3n) is 11.3. The summed E-state index contributed by atoms with van der Waals surface area (Å²) in [5, 5.41) is 6.84. The maximum Gasteiger partial charge on any atom is 0.0718 e. The van der Waals surface area contributed by atoms with Crippen molar-refractivity contribution in [3.05, 3.63) is 217 Å². The van der Waals surface area contributed by atoms with E-state index in [1.165, 1.54) is 42.4 Å². The highest BCUT2D eigenvalue weighted by atomic mass is 79.9. The summed E-state index contributed by atoms with van der Waals surface area (Å²) in [7, 11) is 0. The number of hydrogen-bond donors (Lipinski definition) is 0. The fourth-order valence-electron chi connectivity index (χ4n) is 8.32. The van der Waals surface area contributed by atoms with Gasteiger partial charge >= 0.3 is 0 Å². The van der Waals surface area contributed by atoms with Crippen LogP contribution in [0.1, 0.15) is 0 Å². The number of anilines is 6. The molecule has 3 heterocycles. The van der Waals surface area contributed by atoms with Gasteiger partial charge in [-0.05, 0) is 122 Å². The maximum absolute atomic E-state index is 4.41. The molecule has 0 unspecified atom stereocenters. The molecule has 0 amide bonds. The Bertz CT molecular complexity index is 3170. The average Bonchev–Trinajstić information content (AvgIpc) is 3.69. The molecule has 0 aliphatic heterocycles. The first kappa shape index (κ1) is 36.0. The van der Waals surface area contributed by atoms with Gasteiger partial charge < -0.3 is 9.80 Å². The molecule has 284 valence electrons. The summed E-state index contributed by atoms with van der Waals surface area (Å²) in [6.07, 6.45) is 7.57. The quantitative estimate of drug-likeness (QED) is 0.152. The fourth-order valence-corrected chi connectivity index (χ4v) is 10.1. The summed E-state index contributed by atoms with van der Waals surface area (Å²) in [4.78, 5) is 13.6. The Kier molecular flexibility index (Phi) is 9.14. The predicted octanol–water partition coefficient (Wildman–Crippen LogP) is 16.2. The van der Waals surface area contributed by atoms with Crippen LogP contribution in [-0.4, -0.2) is 9.97 Å². The molecule has 0 N–H and O–H groups in total. The van der Waals surface area contributed by atoms with Crippen LogP contribution in [0.2, 0.25) is 0 Å². The number of halogens is 1. The van der Waals surface area contributed by atoms with E-state index in [9.17, 15) is 0 Å². The second kappa shape index (κ2) is 15.2. The summed E-state index contributed by atoms with van der Waals surface area (Å²) in [5.74, 6) is 0. The van der Waals surface area contributed by atoms with Crippen molar-refractivity contribution in [3.63, 3.8) is 0 Å². The highest BCUT2D eigenvalue weighted by Crippen LogP contribution is 2.54. The molecule has 0 bridgehead atoms. The number of fused-ring (bicyclic) bond motifs is 5. The van der Waals surface area contributed by atoms with Gasteiger partial charge in [0.25, 0.3) is 0 Å². The van der Waals surface area contributed by atoms with E-state index in [2.05, 4.69) is 224 Å². The van der Waals surface area contributed by atoms with Crippen LogP contribution in [0.3, 0.4) is 0 Å². The second-order valence-corrected chi connectivity index (χ2v) is 16.7. The predicted molar refractivity (Wildman–Crippen MR) is 258 cm³/mol. The van der Waals surface area contributed by atoms with Crippen molar-refractivity contribution < 1.29 is 0 Å². The first-order valence-corrected chi connectivity index (χ1v) is 21.5. The van der Waals surface area contributed by atoms with Gasteiger partial charge in [0.05, 0.1) is 15.8 Å². The van der Waals surface area contributed by atoms with E-state index in [4.69, 9.17) is 0 Å². The largest absolute Gasteiger partial charge is 0.309 e. The van der Waals surface area contributed by atoms with E-state index >= 15 is 0 Å². The molecule has 6 heteroatoms. The highest BCUT2D eigenvalue weighted by Gasteiger charge is 2.27. The van der Waals surface area contributed by atoms with Gasteiger partial charge in [-0.25, -0.2) is 0 Å². The summed E-state index contributed by atoms with van der Waals surface area (Å²) in [6.45, 7) is 0.